The Balaban J connectivity index is 1.95. The van der Waals surface area contributed by atoms with Crippen LogP contribution in [-0.4, -0.2) is 48.8 Å². The third-order valence-corrected chi connectivity index (χ3v) is 5.84. The van der Waals surface area contributed by atoms with E-state index in [0.717, 1.165) is 11.8 Å². The van der Waals surface area contributed by atoms with Gasteiger partial charge in [0.2, 0.25) is 0 Å². The van der Waals surface area contributed by atoms with Crippen molar-refractivity contribution in [1.29, 1.82) is 0 Å². The van der Waals surface area contributed by atoms with Crippen LogP contribution < -0.4 is 5.32 Å². The normalized spacial score (nSPS) is 35.6. The summed E-state index contributed by atoms with van der Waals surface area (Å²) in [6.45, 7) is 5.04. The minimum Gasteiger partial charge on any atom is -0.395 e. The summed E-state index contributed by atoms with van der Waals surface area (Å²) in [5.41, 5.74) is 0. The summed E-state index contributed by atoms with van der Waals surface area (Å²) in [5, 5.41) is 13.3. The predicted octanol–water partition coefficient (Wildman–Crippen LogP) is 3.03. The summed E-state index contributed by atoms with van der Waals surface area (Å²) in [7, 11) is 2.13. The van der Waals surface area contributed by atoms with E-state index in [2.05, 4.69) is 24.2 Å². The molecule has 0 aromatic heterocycles. The highest BCUT2D eigenvalue weighted by atomic mass is 16.3. The number of hydrogen-bond donors (Lipinski definition) is 2. The minimum absolute atomic E-state index is 0.343. The fourth-order valence-electron chi connectivity index (χ4n) is 4.60. The van der Waals surface area contributed by atoms with Crippen LogP contribution in [0.25, 0.3) is 0 Å². The summed E-state index contributed by atoms with van der Waals surface area (Å²) >= 11 is 0. The number of aliphatic hydroxyl groups is 1. The molecule has 0 bridgehead atoms. The summed E-state index contributed by atoms with van der Waals surface area (Å²) < 4.78 is 0. The van der Waals surface area contributed by atoms with Crippen LogP contribution in [0.4, 0.5) is 0 Å². The van der Waals surface area contributed by atoms with Gasteiger partial charge in [-0.1, -0.05) is 32.6 Å². The molecular formula is C18H36N2O. The molecular weight excluding hydrogens is 260 g/mol. The molecule has 1 heterocycles. The summed E-state index contributed by atoms with van der Waals surface area (Å²) in [4.78, 5) is 2.61. The number of likely N-dealkylation sites (tertiary alicyclic amines) is 1. The lowest BCUT2D eigenvalue weighted by molar-refractivity contribution is 0.0799. The van der Waals surface area contributed by atoms with Gasteiger partial charge in [-0.05, 0) is 57.5 Å². The van der Waals surface area contributed by atoms with E-state index >= 15 is 0 Å². The van der Waals surface area contributed by atoms with Gasteiger partial charge in [-0.2, -0.15) is 0 Å². The van der Waals surface area contributed by atoms with E-state index in [1.165, 1.54) is 70.9 Å². The SMILES string of the molecule is CCCC1CCC(NC)C(CN2CCCCCC2CO)C1. The average Bonchev–Trinajstić information content (AvgIpc) is 2.73. The smallest absolute Gasteiger partial charge is 0.0586 e. The van der Waals surface area contributed by atoms with Crippen LogP contribution in [0.15, 0.2) is 0 Å². The van der Waals surface area contributed by atoms with E-state index in [4.69, 9.17) is 0 Å². The molecule has 3 nitrogen and oxygen atoms in total. The molecule has 1 saturated carbocycles. The van der Waals surface area contributed by atoms with E-state index in [1.54, 1.807) is 0 Å². The second-order valence-electron chi connectivity index (χ2n) is 7.30. The molecule has 0 aromatic carbocycles. The number of hydrogen-bond acceptors (Lipinski definition) is 3. The molecule has 0 aromatic rings. The van der Waals surface area contributed by atoms with Gasteiger partial charge in [-0.25, -0.2) is 0 Å². The zero-order valence-corrected chi connectivity index (χ0v) is 14.2. The van der Waals surface area contributed by atoms with Crippen molar-refractivity contribution in [2.45, 2.75) is 76.8 Å². The number of nitrogens with one attached hydrogen (secondary N) is 1. The fourth-order valence-corrected chi connectivity index (χ4v) is 4.60. The Morgan fingerprint density at radius 1 is 1.14 bits per heavy atom. The number of aliphatic hydroxyl groups excluding tert-OH is 1. The van der Waals surface area contributed by atoms with E-state index in [1.807, 2.05) is 0 Å². The standard InChI is InChI=1S/C18H36N2O/c1-3-7-15-9-10-18(19-2)16(12-15)13-20-11-6-4-5-8-17(20)14-21/h15-19,21H,3-14H2,1-2H3. The number of nitrogens with zero attached hydrogens (tertiary/aromatic N) is 1. The zero-order chi connectivity index (χ0) is 15.1. The maximum absolute atomic E-state index is 9.72. The molecule has 1 saturated heterocycles. The Hall–Kier alpha value is -0.120. The highest BCUT2D eigenvalue weighted by Gasteiger charge is 2.32. The van der Waals surface area contributed by atoms with Crippen LogP contribution in [0.5, 0.6) is 0 Å². The second kappa shape index (κ2) is 9.12. The van der Waals surface area contributed by atoms with Crippen LogP contribution in [-0.2, 0) is 0 Å². The lowest BCUT2D eigenvalue weighted by Crippen LogP contribution is -2.48. The van der Waals surface area contributed by atoms with Crippen LogP contribution in [0.3, 0.4) is 0 Å². The van der Waals surface area contributed by atoms with Crippen LogP contribution in [0.1, 0.15) is 64.7 Å². The summed E-state index contributed by atoms with van der Waals surface area (Å²) in [6, 6.07) is 1.09. The van der Waals surface area contributed by atoms with Crippen molar-refractivity contribution in [3.8, 4) is 0 Å². The fraction of sp³-hybridized carbons (Fsp3) is 1.00. The molecule has 21 heavy (non-hydrogen) atoms. The van der Waals surface area contributed by atoms with Gasteiger partial charge in [0.15, 0.2) is 0 Å². The number of rotatable bonds is 6. The third-order valence-electron chi connectivity index (χ3n) is 5.84. The van der Waals surface area contributed by atoms with Gasteiger partial charge in [0.05, 0.1) is 6.61 Å². The van der Waals surface area contributed by atoms with E-state index in [9.17, 15) is 5.11 Å². The van der Waals surface area contributed by atoms with Gasteiger partial charge in [0.1, 0.15) is 0 Å². The third kappa shape index (κ3) is 4.94. The monoisotopic (exact) mass is 296 g/mol. The van der Waals surface area contributed by atoms with Crippen LogP contribution in [0, 0.1) is 11.8 Å². The maximum atomic E-state index is 9.72. The van der Waals surface area contributed by atoms with Crippen molar-refractivity contribution in [3.05, 3.63) is 0 Å². The predicted molar refractivity (Wildman–Crippen MR) is 89.5 cm³/mol. The van der Waals surface area contributed by atoms with Gasteiger partial charge < -0.3 is 10.4 Å². The molecule has 2 rings (SSSR count). The Morgan fingerprint density at radius 3 is 2.71 bits per heavy atom. The molecule has 2 N–H and O–H groups in total. The van der Waals surface area contributed by atoms with Crippen molar-refractivity contribution in [3.63, 3.8) is 0 Å². The molecule has 2 aliphatic rings. The van der Waals surface area contributed by atoms with Gasteiger partial charge in [-0.15, -0.1) is 0 Å². The lowest BCUT2D eigenvalue weighted by Gasteiger charge is -2.40. The van der Waals surface area contributed by atoms with E-state index in [-0.39, 0.29) is 0 Å². The van der Waals surface area contributed by atoms with Gasteiger partial charge >= 0.3 is 0 Å². The molecule has 0 radical (unpaired) electrons. The Morgan fingerprint density at radius 2 is 2.00 bits per heavy atom. The molecule has 4 atom stereocenters. The van der Waals surface area contributed by atoms with Crippen molar-refractivity contribution in [1.82, 2.24) is 10.2 Å². The lowest BCUT2D eigenvalue weighted by atomic mass is 9.76. The topological polar surface area (TPSA) is 35.5 Å². The molecule has 2 fully saturated rings. The molecule has 4 unspecified atom stereocenters. The average molecular weight is 296 g/mol. The first-order valence-corrected chi connectivity index (χ1v) is 9.30. The van der Waals surface area contributed by atoms with Gasteiger partial charge in [0, 0.05) is 18.6 Å². The molecule has 1 aliphatic carbocycles. The largest absolute Gasteiger partial charge is 0.395 e. The first-order valence-electron chi connectivity index (χ1n) is 9.30. The zero-order valence-electron chi connectivity index (χ0n) is 14.2. The summed E-state index contributed by atoms with van der Waals surface area (Å²) in [6.07, 6.45) is 12.0. The maximum Gasteiger partial charge on any atom is 0.0586 e. The first kappa shape index (κ1) is 17.2. The van der Waals surface area contributed by atoms with Gasteiger partial charge in [0.25, 0.3) is 0 Å². The quantitative estimate of drug-likeness (QED) is 0.791. The van der Waals surface area contributed by atoms with Crippen LogP contribution in [0.2, 0.25) is 0 Å². The highest BCUT2D eigenvalue weighted by molar-refractivity contribution is 4.88. The molecule has 3 heteroatoms. The second-order valence-corrected chi connectivity index (χ2v) is 7.30. The minimum atomic E-state index is 0.343. The highest BCUT2D eigenvalue weighted by Crippen LogP contribution is 2.33. The van der Waals surface area contributed by atoms with E-state index in [0.29, 0.717) is 18.7 Å². The van der Waals surface area contributed by atoms with Crippen molar-refractivity contribution in [2.24, 2.45) is 11.8 Å². The Kier molecular flexibility index (Phi) is 7.48. The first-order chi connectivity index (χ1) is 10.3. The molecule has 1 aliphatic heterocycles. The van der Waals surface area contributed by atoms with Crippen molar-refractivity contribution < 1.29 is 5.11 Å². The Labute approximate surface area is 131 Å². The molecule has 0 spiro atoms. The molecule has 0 amide bonds. The van der Waals surface area contributed by atoms with Gasteiger partial charge in [-0.3, -0.25) is 4.90 Å². The summed E-state index contributed by atoms with van der Waals surface area (Å²) in [5.74, 6) is 1.71. The Bertz CT molecular complexity index is 284. The van der Waals surface area contributed by atoms with E-state index < -0.39 is 0 Å². The van der Waals surface area contributed by atoms with Crippen LogP contribution >= 0.6 is 0 Å². The van der Waals surface area contributed by atoms with Crippen molar-refractivity contribution in [2.75, 3.05) is 26.7 Å². The van der Waals surface area contributed by atoms with Crippen molar-refractivity contribution >= 4 is 0 Å². The molecule has 124 valence electrons.